The van der Waals surface area contributed by atoms with E-state index in [9.17, 15) is 14.5 Å². The van der Waals surface area contributed by atoms with Gasteiger partial charge in [0, 0.05) is 11.6 Å². The molecule has 0 unspecified atom stereocenters. The van der Waals surface area contributed by atoms with E-state index in [0.717, 1.165) is 18.9 Å². The van der Waals surface area contributed by atoms with Crippen LogP contribution in [0, 0.1) is 15.9 Å². The Bertz CT molecular complexity index is 388. The van der Waals surface area contributed by atoms with Gasteiger partial charge in [0.15, 0.2) is 0 Å². The van der Waals surface area contributed by atoms with E-state index in [-0.39, 0.29) is 18.1 Å². The first kappa shape index (κ1) is 15.8. The Kier molecular flexibility index (Phi) is 6.68. The molecule has 0 bridgehead atoms. The molecule has 1 aromatic carbocycles. The fraction of sp³-hybridized carbons (Fsp3) is 0.455. The average Bonchev–Trinajstić information content (AvgIpc) is 2.25. The summed E-state index contributed by atoms with van der Waals surface area (Å²) in [6, 6.07) is 3.12. The summed E-state index contributed by atoms with van der Waals surface area (Å²) in [5, 5.41) is 10.7. The monoisotopic (exact) mass is 262 g/mol. The molecule has 0 aliphatic rings. The zero-order chi connectivity index (χ0) is 12.1. The number of hydrogen-bond acceptors (Lipinski definition) is 3. The van der Waals surface area contributed by atoms with Crippen molar-refractivity contribution in [2.24, 2.45) is 5.73 Å². The predicted molar refractivity (Wildman–Crippen MR) is 66.8 cm³/mol. The molecular formula is C11H16ClFN2O2. The predicted octanol–water partition coefficient (Wildman–Crippen LogP) is 3.35. The zero-order valence-corrected chi connectivity index (χ0v) is 10.4. The van der Waals surface area contributed by atoms with E-state index >= 15 is 0 Å². The molecule has 0 spiro atoms. The van der Waals surface area contributed by atoms with Crippen molar-refractivity contribution in [3.8, 4) is 0 Å². The summed E-state index contributed by atoms with van der Waals surface area (Å²) in [5.41, 5.74) is 6.01. The lowest BCUT2D eigenvalue weighted by Gasteiger charge is -2.11. The summed E-state index contributed by atoms with van der Waals surface area (Å²) in [6.45, 7) is 2.02. The maximum Gasteiger partial charge on any atom is 0.277 e. The Labute approximate surface area is 106 Å². The molecule has 0 aromatic heterocycles. The summed E-state index contributed by atoms with van der Waals surface area (Å²) in [5.74, 6) is -0.613. The van der Waals surface area contributed by atoms with Crippen LogP contribution in [0.1, 0.15) is 37.8 Å². The highest BCUT2D eigenvalue weighted by Crippen LogP contribution is 2.27. The number of hydrogen-bond donors (Lipinski definition) is 1. The quantitative estimate of drug-likeness (QED) is 0.653. The molecule has 96 valence electrons. The Hall–Kier alpha value is -1.20. The highest BCUT2D eigenvalue weighted by molar-refractivity contribution is 5.85. The van der Waals surface area contributed by atoms with Gasteiger partial charge in [0.05, 0.1) is 11.0 Å². The molecule has 1 rings (SSSR count). The topological polar surface area (TPSA) is 69.2 Å². The first-order valence-corrected chi connectivity index (χ1v) is 5.25. The number of nitrogens with zero attached hydrogens (tertiary/aromatic N) is 1. The Morgan fingerprint density at radius 2 is 2.18 bits per heavy atom. The van der Waals surface area contributed by atoms with Gasteiger partial charge < -0.3 is 5.73 Å². The number of nitrogens with two attached hydrogens (primary N) is 1. The van der Waals surface area contributed by atoms with Gasteiger partial charge in [-0.15, -0.1) is 12.4 Å². The largest absolute Gasteiger partial charge is 0.324 e. The third kappa shape index (κ3) is 4.28. The standard InChI is InChI=1S/C11H15FN2O2.ClH/c1-2-3-4-10(13)9-6-5-8(12)7-11(9)14(15)16;/h5-7,10H,2-4,13H2,1H3;1H/t10-;/m1./s1. The SMILES string of the molecule is CCCC[C@@H](N)c1ccc(F)cc1[N+](=O)[O-].Cl. The van der Waals surface area contributed by atoms with Gasteiger partial charge in [-0.05, 0) is 18.6 Å². The number of halogens is 2. The highest BCUT2D eigenvalue weighted by atomic mass is 35.5. The molecule has 6 heteroatoms. The lowest BCUT2D eigenvalue weighted by Crippen LogP contribution is -2.12. The average molecular weight is 263 g/mol. The summed E-state index contributed by atoms with van der Waals surface area (Å²) >= 11 is 0. The second-order valence-corrected chi connectivity index (χ2v) is 3.71. The third-order valence-corrected chi connectivity index (χ3v) is 2.46. The van der Waals surface area contributed by atoms with Crippen LogP contribution >= 0.6 is 12.4 Å². The van der Waals surface area contributed by atoms with Crippen molar-refractivity contribution in [1.82, 2.24) is 0 Å². The van der Waals surface area contributed by atoms with Crippen LogP contribution in [0.3, 0.4) is 0 Å². The highest BCUT2D eigenvalue weighted by Gasteiger charge is 2.19. The summed E-state index contributed by atoms with van der Waals surface area (Å²) in [6.07, 6.45) is 2.54. The van der Waals surface area contributed by atoms with Crippen molar-refractivity contribution in [2.45, 2.75) is 32.2 Å². The molecule has 1 atom stereocenters. The van der Waals surface area contributed by atoms with E-state index in [4.69, 9.17) is 5.73 Å². The second kappa shape index (κ2) is 7.19. The van der Waals surface area contributed by atoms with E-state index in [2.05, 4.69) is 0 Å². The van der Waals surface area contributed by atoms with Gasteiger partial charge in [0.25, 0.3) is 5.69 Å². The van der Waals surface area contributed by atoms with Crippen LogP contribution in [0.25, 0.3) is 0 Å². The molecule has 0 saturated carbocycles. The molecule has 1 aromatic rings. The van der Waals surface area contributed by atoms with Crippen LogP contribution in [0.5, 0.6) is 0 Å². The number of benzene rings is 1. The molecule has 0 saturated heterocycles. The van der Waals surface area contributed by atoms with E-state index in [1.165, 1.54) is 12.1 Å². The van der Waals surface area contributed by atoms with Crippen LogP contribution < -0.4 is 5.73 Å². The van der Waals surface area contributed by atoms with Crippen LogP contribution in [0.2, 0.25) is 0 Å². The first-order valence-electron chi connectivity index (χ1n) is 5.25. The molecule has 17 heavy (non-hydrogen) atoms. The van der Waals surface area contributed by atoms with Crippen molar-refractivity contribution in [3.63, 3.8) is 0 Å². The van der Waals surface area contributed by atoms with Crippen molar-refractivity contribution >= 4 is 18.1 Å². The Balaban J connectivity index is 0.00000256. The van der Waals surface area contributed by atoms with Crippen LogP contribution in [-0.4, -0.2) is 4.92 Å². The van der Waals surface area contributed by atoms with Crippen molar-refractivity contribution in [3.05, 3.63) is 39.7 Å². The lowest BCUT2D eigenvalue weighted by atomic mass is 10.0. The maximum atomic E-state index is 12.9. The molecule has 2 N–H and O–H groups in total. The van der Waals surface area contributed by atoms with Crippen LogP contribution in [-0.2, 0) is 0 Å². The number of nitro benzene ring substituents is 1. The molecule has 0 heterocycles. The van der Waals surface area contributed by atoms with Gasteiger partial charge in [0.1, 0.15) is 5.82 Å². The first-order chi connectivity index (χ1) is 7.56. The van der Waals surface area contributed by atoms with E-state index in [1.54, 1.807) is 0 Å². The van der Waals surface area contributed by atoms with Crippen LogP contribution in [0.4, 0.5) is 10.1 Å². The van der Waals surface area contributed by atoms with Crippen molar-refractivity contribution in [1.29, 1.82) is 0 Å². The molecule has 0 amide bonds. The normalized spacial score (nSPS) is 11.7. The van der Waals surface area contributed by atoms with Gasteiger partial charge in [-0.3, -0.25) is 10.1 Å². The fourth-order valence-corrected chi connectivity index (χ4v) is 1.57. The molecular weight excluding hydrogens is 247 g/mol. The van der Waals surface area contributed by atoms with E-state index < -0.39 is 16.8 Å². The molecule has 0 aliphatic heterocycles. The van der Waals surface area contributed by atoms with E-state index in [1.807, 2.05) is 6.92 Å². The lowest BCUT2D eigenvalue weighted by molar-refractivity contribution is -0.385. The minimum absolute atomic E-state index is 0. The Morgan fingerprint density at radius 1 is 1.53 bits per heavy atom. The summed E-state index contributed by atoms with van der Waals surface area (Å²) in [4.78, 5) is 10.1. The smallest absolute Gasteiger partial charge is 0.277 e. The number of unbranched alkanes of at least 4 members (excludes halogenated alkanes) is 1. The third-order valence-electron chi connectivity index (χ3n) is 2.46. The zero-order valence-electron chi connectivity index (χ0n) is 9.56. The van der Waals surface area contributed by atoms with Crippen molar-refractivity contribution < 1.29 is 9.31 Å². The molecule has 0 aliphatic carbocycles. The molecule has 0 radical (unpaired) electrons. The van der Waals surface area contributed by atoms with Crippen LogP contribution in [0.15, 0.2) is 18.2 Å². The summed E-state index contributed by atoms with van der Waals surface area (Å²) < 4.78 is 12.9. The Morgan fingerprint density at radius 3 is 2.71 bits per heavy atom. The van der Waals surface area contributed by atoms with Gasteiger partial charge in [-0.2, -0.15) is 0 Å². The summed E-state index contributed by atoms with van der Waals surface area (Å²) in [7, 11) is 0. The minimum Gasteiger partial charge on any atom is -0.324 e. The van der Waals surface area contributed by atoms with Crippen molar-refractivity contribution in [2.75, 3.05) is 0 Å². The number of nitro groups is 1. The van der Waals surface area contributed by atoms with E-state index in [0.29, 0.717) is 12.0 Å². The van der Waals surface area contributed by atoms with Gasteiger partial charge >= 0.3 is 0 Å². The van der Waals surface area contributed by atoms with Gasteiger partial charge in [0.2, 0.25) is 0 Å². The van der Waals surface area contributed by atoms with Gasteiger partial charge in [-0.1, -0.05) is 19.8 Å². The number of rotatable bonds is 5. The maximum absolute atomic E-state index is 12.9. The minimum atomic E-state index is -0.613. The molecule has 0 fully saturated rings. The molecule has 4 nitrogen and oxygen atoms in total. The second-order valence-electron chi connectivity index (χ2n) is 3.71. The van der Waals surface area contributed by atoms with Gasteiger partial charge in [-0.25, -0.2) is 4.39 Å². The fourth-order valence-electron chi connectivity index (χ4n) is 1.57.